The third-order valence-corrected chi connectivity index (χ3v) is 7.88. The van der Waals surface area contributed by atoms with Crippen LogP contribution in [0.5, 0.6) is 0 Å². The van der Waals surface area contributed by atoms with Crippen molar-refractivity contribution in [3.05, 3.63) is 70.3 Å². The summed E-state index contributed by atoms with van der Waals surface area (Å²) in [6.07, 6.45) is 0. The van der Waals surface area contributed by atoms with Crippen LogP contribution in [0.2, 0.25) is 0 Å². The van der Waals surface area contributed by atoms with Crippen LogP contribution in [-0.4, -0.2) is 59.3 Å². The molecule has 0 bridgehead atoms. The van der Waals surface area contributed by atoms with Crippen LogP contribution < -0.4 is 11.3 Å². The topological polar surface area (TPSA) is 116 Å². The Morgan fingerprint density at radius 1 is 1.03 bits per heavy atom. The molecule has 1 aliphatic rings. The molecule has 32 heavy (non-hydrogen) atoms. The maximum absolute atomic E-state index is 13.0. The van der Waals surface area contributed by atoms with Crippen molar-refractivity contribution >= 4 is 26.8 Å². The van der Waals surface area contributed by atoms with Crippen LogP contribution in [0.3, 0.4) is 0 Å². The fourth-order valence-electron chi connectivity index (χ4n) is 4.03. The first-order valence-electron chi connectivity index (χ1n) is 10.3. The Morgan fingerprint density at radius 3 is 2.28 bits per heavy atom. The van der Waals surface area contributed by atoms with Crippen LogP contribution in [0.1, 0.15) is 29.1 Å². The molecular formula is C22H24N5O4S. The van der Waals surface area contributed by atoms with E-state index < -0.39 is 15.9 Å². The maximum Gasteiger partial charge on any atom is 0.269 e. The predicted octanol–water partition coefficient (Wildman–Crippen LogP) is 1.42. The molecule has 10 heteroatoms. The highest BCUT2D eigenvalue weighted by molar-refractivity contribution is 7.89. The van der Waals surface area contributed by atoms with Gasteiger partial charge in [-0.05, 0) is 43.3 Å². The van der Waals surface area contributed by atoms with Crippen molar-refractivity contribution in [1.82, 2.24) is 24.5 Å². The Labute approximate surface area is 186 Å². The molecular weight excluding hydrogens is 430 g/mol. The van der Waals surface area contributed by atoms with Gasteiger partial charge in [-0.25, -0.2) is 13.4 Å². The van der Waals surface area contributed by atoms with Crippen molar-refractivity contribution in [2.24, 2.45) is 7.05 Å². The standard InChI is InChI=1S/C22H24N5O4S/c1-15(21-24-19-6-4-3-5-18(19)22(29)25(21)2)26-11-13-27(14-12-26)32(30,31)17-9-7-16(8-10-17)20(23)28/h3-10,15,23H,11-14H2,1-2H3. The molecule has 1 N–H and O–H groups in total. The molecule has 1 saturated heterocycles. The van der Waals surface area contributed by atoms with Gasteiger partial charge in [0.1, 0.15) is 5.82 Å². The average molecular weight is 455 g/mol. The summed E-state index contributed by atoms with van der Waals surface area (Å²) in [6.45, 7) is 3.55. The van der Waals surface area contributed by atoms with Gasteiger partial charge in [-0.2, -0.15) is 4.31 Å². The van der Waals surface area contributed by atoms with E-state index in [1.54, 1.807) is 17.7 Å². The van der Waals surface area contributed by atoms with E-state index in [-0.39, 0.29) is 22.1 Å². The molecule has 1 aromatic heterocycles. The molecule has 1 atom stereocenters. The Balaban J connectivity index is 1.51. The van der Waals surface area contributed by atoms with Gasteiger partial charge in [0.05, 0.1) is 21.8 Å². The molecule has 1 radical (unpaired) electrons. The number of amides is 1. The van der Waals surface area contributed by atoms with Gasteiger partial charge in [0.15, 0.2) is 0 Å². The second-order valence-corrected chi connectivity index (χ2v) is 9.76. The van der Waals surface area contributed by atoms with E-state index in [0.717, 1.165) is 0 Å². The van der Waals surface area contributed by atoms with Gasteiger partial charge in [0, 0.05) is 38.8 Å². The third kappa shape index (κ3) is 3.92. The fraction of sp³-hybridized carbons (Fsp3) is 0.318. The first kappa shape index (κ1) is 22.1. The zero-order chi connectivity index (χ0) is 23.0. The lowest BCUT2D eigenvalue weighted by atomic mass is 10.2. The lowest BCUT2D eigenvalue weighted by Gasteiger charge is -2.37. The SMILES string of the molecule is CC(c1nc2ccccc2c(=O)n1C)N1CCN(S(=O)(=O)c2ccc(C([NH])=O)cc2)CC1. The summed E-state index contributed by atoms with van der Waals surface area (Å²) >= 11 is 0. The van der Waals surface area contributed by atoms with Gasteiger partial charge in [0.2, 0.25) is 10.0 Å². The maximum atomic E-state index is 13.0. The first-order valence-corrected chi connectivity index (χ1v) is 11.7. The summed E-state index contributed by atoms with van der Waals surface area (Å²) < 4.78 is 28.9. The zero-order valence-electron chi connectivity index (χ0n) is 17.9. The lowest BCUT2D eigenvalue weighted by molar-refractivity contribution is 0.0992. The van der Waals surface area contributed by atoms with Crippen molar-refractivity contribution in [3.8, 4) is 0 Å². The fourth-order valence-corrected chi connectivity index (χ4v) is 5.45. The molecule has 4 rings (SSSR count). The highest BCUT2D eigenvalue weighted by Crippen LogP contribution is 2.24. The molecule has 1 fully saturated rings. The molecule has 0 spiro atoms. The number of benzene rings is 2. The monoisotopic (exact) mass is 454 g/mol. The summed E-state index contributed by atoms with van der Waals surface area (Å²) in [4.78, 5) is 30.8. The van der Waals surface area contributed by atoms with E-state index in [1.807, 2.05) is 25.1 Å². The van der Waals surface area contributed by atoms with Gasteiger partial charge in [0.25, 0.3) is 11.5 Å². The second-order valence-electron chi connectivity index (χ2n) is 7.82. The van der Waals surface area contributed by atoms with Crippen LogP contribution in [-0.2, 0) is 17.1 Å². The Bertz CT molecular complexity index is 1330. The molecule has 1 unspecified atom stereocenters. The quantitative estimate of drug-likeness (QED) is 0.576. The molecule has 1 aliphatic heterocycles. The summed E-state index contributed by atoms with van der Waals surface area (Å²) in [5, 5.41) is 0.569. The molecule has 2 heterocycles. The summed E-state index contributed by atoms with van der Waals surface area (Å²) in [5.74, 6) is -0.214. The van der Waals surface area contributed by atoms with Crippen LogP contribution in [0, 0.1) is 0 Å². The van der Waals surface area contributed by atoms with Crippen molar-refractivity contribution < 1.29 is 13.2 Å². The minimum atomic E-state index is -3.70. The minimum Gasteiger partial charge on any atom is -0.298 e. The molecule has 2 aromatic carbocycles. The van der Waals surface area contributed by atoms with Crippen LogP contribution >= 0.6 is 0 Å². The highest BCUT2D eigenvalue weighted by atomic mass is 32.2. The number of piperazine rings is 1. The van der Waals surface area contributed by atoms with Crippen molar-refractivity contribution in [2.45, 2.75) is 17.9 Å². The van der Waals surface area contributed by atoms with Crippen LogP contribution in [0.15, 0.2) is 58.2 Å². The van der Waals surface area contributed by atoms with E-state index >= 15 is 0 Å². The first-order chi connectivity index (χ1) is 15.2. The van der Waals surface area contributed by atoms with E-state index in [4.69, 9.17) is 10.7 Å². The van der Waals surface area contributed by atoms with Gasteiger partial charge < -0.3 is 0 Å². The predicted molar refractivity (Wildman–Crippen MR) is 120 cm³/mol. The third-order valence-electron chi connectivity index (χ3n) is 5.97. The zero-order valence-corrected chi connectivity index (χ0v) is 18.7. The largest absolute Gasteiger partial charge is 0.298 e. The normalized spacial score (nSPS) is 16.8. The number of sulfonamides is 1. The second kappa shape index (κ2) is 8.45. The molecule has 3 aromatic rings. The number of rotatable bonds is 5. The van der Waals surface area contributed by atoms with Gasteiger partial charge >= 0.3 is 0 Å². The van der Waals surface area contributed by atoms with E-state index in [1.165, 1.54) is 28.6 Å². The number of fused-ring (bicyclic) bond motifs is 1. The summed E-state index contributed by atoms with van der Waals surface area (Å²) in [5.41, 5.74) is 7.81. The number of nitrogens with zero attached hydrogens (tertiary/aromatic N) is 4. The number of nitrogens with one attached hydrogen (secondary N) is 1. The van der Waals surface area contributed by atoms with Crippen molar-refractivity contribution in [2.75, 3.05) is 26.2 Å². The molecule has 1 amide bonds. The van der Waals surface area contributed by atoms with E-state index in [9.17, 15) is 18.0 Å². The highest BCUT2D eigenvalue weighted by Gasteiger charge is 2.31. The van der Waals surface area contributed by atoms with Gasteiger partial charge in [-0.3, -0.25) is 24.8 Å². The number of aromatic nitrogens is 2. The minimum absolute atomic E-state index is 0.0996. The number of hydrogen-bond acceptors (Lipinski definition) is 6. The van der Waals surface area contributed by atoms with Crippen LogP contribution in [0.25, 0.3) is 10.9 Å². The van der Waals surface area contributed by atoms with Gasteiger partial charge in [-0.15, -0.1) is 0 Å². The van der Waals surface area contributed by atoms with E-state index in [2.05, 4.69) is 4.90 Å². The number of hydrogen-bond donors (Lipinski definition) is 0. The molecule has 9 nitrogen and oxygen atoms in total. The number of para-hydroxylation sites is 1. The number of carbonyl (C=O) groups excluding carboxylic acids is 1. The van der Waals surface area contributed by atoms with Gasteiger partial charge in [-0.1, -0.05) is 12.1 Å². The smallest absolute Gasteiger partial charge is 0.269 e. The van der Waals surface area contributed by atoms with Crippen molar-refractivity contribution in [1.29, 1.82) is 0 Å². The molecule has 0 aliphatic carbocycles. The van der Waals surface area contributed by atoms with Crippen molar-refractivity contribution in [3.63, 3.8) is 0 Å². The van der Waals surface area contributed by atoms with Crippen LogP contribution in [0.4, 0.5) is 0 Å². The molecule has 167 valence electrons. The lowest BCUT2D eigenvalue weighted by Crippen LogP contribution is -2.49. The number of carbonyl (C=O) groups is 1. The summed E-state index contributed by atoms with van der Waals surface area (Å²) in [7, 11) is -1.99. The summed E-state index contributed by atoms with van der Waals surface area (Å²) in [6, 6.07) is 12.5. The average Bonchev–Trinajstić information content (AvgIpc) is 2.81. The Kier molecular flexibility index (Phi) is 5.85. The molecule has 0 saturated carbocycles. The van der Waals surface area contributed by atoms with E-state index in [0.29, 0.717) is 42.9 Å². The Hall–Kier alpha value is -3.08. The Morgan fingerprint density at radius 2 is 1.66 bits per heavy atom.